The number of halogens is 1. The zero-order valence-corrected chi connectivity index (χ0v) is 79.9. The highest BCUT2D eigenvalue weighted by atomic mass is 19.1. The fourth-order valence-electron chi connectivity index (χ4n) is 15.3. The predicted molar refractivity (Wildman–Crippen MR) is 537 cm³/mol. The van der Waals surface area contributed by atoms with Crippen LogP contribution in [0.1, 0.15) is 101 Å². The van der Waals surface area contributed by atoms with Crippen LogP contribution in [-0.2, 0) is 17.7 Å². The molecule has 0 N–H and O–H groups in total. The quantitative estimate of drug-likeness (QED) is 0.0608. The van der Waals surface area contributed by atoms with Crippen LogP contribution in [0.4, 0.5) is 9.18 Å². The van der Waals surface area contributed by atoms with Crippen LogP contribution in [0.2, 0.25) is 0 Å². The second-order valence-corrected chi connectivity index (χ2v) is 34.5. The number of aryl methyl sites for hydroxylation is 1. The van der Waals surface area contributed by atoms with E-state index in [1.807, 2.05) is 186 Å². The highest BCUT2D eigenvalue weighted by Gasteiger charge is 2.29. The van der Waals surface area contributed by atoms with Gasteiger partial charge in [0.15, 0.2) is 11.5 Å². The molecule has 0 spiro atoms. The van der Waals surface area contributed by atoms with Crippen LogP contribution in [-0.4, -0.2) is 148 Å². The highest BCUT2D eigenvalue weighted by Crippen LogP contribution is 2.38. The zero-order chi connectivity index (χ0) is 98.7. The summed E-state index contributed by atoms with van der Waals surface area (Å²) in [4.78, 5) is 62.9. The van der Waals surface area contributed by atoms with Crippen molar-refractivity contribution in [3.05, 3.63) is 344 Å². The van der Waals surface area contributed by atoms with Gasteiger partial charge in [0.2, 0.25) is 34.9 Å². The van der Waals surface area contributed by atoms with Crippen molar-refractivity contribution in [2.24, 2.45) is 5.92 Å². The SMILES string of the molecule is CC(C)(C)OC(=O)N1CCC(c2cccc(-c3nc(-c4ccncc4)no3)c2)CC1.CC(C)CCc1cccc(-c2nc(-c3ccncc3)no2)c1.CCOc1ccc(-c2nc(-c3cccc(CN(C)C)c3C)no2)cc1OCC.N#Cc1cc(F)cc(-c2nc(-c3ccncc3)no2)c1.c1ccc2c(-c3nc(-c4ccncc4)no3)cccc2c1.c1ccc2cc(-c3nc(-c4ccncc4)no3)ccc2c1. The number of nitriles is 1. The number of nitrogens with zero attached hydrogens (tertiary/aromatic N) is 20. The first-order valence-corrected chi connectivity index (χ1v) is 46.3. The van der Waals surface area contributed by atoms with Crippen molar-refractivity contribution in [1.29, 1.82) is 5.26 Å². The second kappa shape index (κ2) is 46.9. The van der Waals surface area contributed by atoms with E-state index in [2.05, 4.69) is 198 Å². The Hall–Kier alpha value is -17.7. The number of amides is 1. The van der Waals surface area contributed by atoms with Crippen LogP contribution in [0.3, 0.4) is 0 Å². The van der Waals surface area contributed by atoms with Crippen LogP contribution < -0.4 is 9.47 Å². The summed E-state index contributed by atoms with van der Waals surface area (Å²) in [6.07, 6.45) is 20.7. The number of rotatable bonds is 22. The molecule has 142 heavy (non-hydrogen) atoms. The Bertz CT molecular complexity index is 7560. The van der Waals surface area contributed by atoms with Gasteiger partial charge in [-0.05, 0) is 276 Å². The second-order valence-electron chi connectivity index (χ2n) is 34.5. The molecule has 712 valence electrons. The maximum atomic E-state index is 13.4. The highest BCUT2D eigenvalue weighted by molar-refractivity contribution is 5.95. The average Bonchev–Trinajstić information content (AvgIpc) is 1.72. The van der Waals surface area contributed by atoms with Crippen molar-refractivity contribution in [3.63, 3.8) is 0 Å². The van der Waals surface area contributed by atoms with Crippen LogP contribution in [0.25, 0.3) is 159 Å². The summed E-state index contributed by atoms with van der Waals surface area (Å²) in [6, 6.07) is 81.0. The molecule has 1 aliphatic rings. The third kappa shape index (κ3) is 25.8. The van der Waals surface area contributed by atoms with Gasteiger partial charge in [-0.15, -0.1) is 0 Å². The van der Waals surface area contributed by atoms with E-state index in [9.17, 15) is 9.18 Å². The molecule has 0 unspecified atom stereocenters. The molecule has 11 aromatic heterocycles. The molecule has 0 atom stereocenters. The summed E-state index contributed by atoms with van der Waals surface area (Å²) in [7, 11) is 4.11. The largest absolute Gasteiger partial charge is 0.490 e. The lowest BCUT2D eigenvalue weighted by atomic mass is 9.88. The molecule has 0 radical (unpaired) electrons. The Morgan fingerprint density at radius 1 is 0.437 bits per heavy atom. The lowest BCUT2D eigenvalue weighted by Gasteiger charge is -2.33. The van der Waals surface area contributed by atoms with Gasteiger partial charge in [0.05, 0.1) is 24.8 Å². The number of piperidine rings is 1. The van der Waals surface area contributed by atoms with Gasteiger partial charge in [0.25, 0.3) is 35.3 Å². The van der Waals surface area contributed by atoms with Gasteiger partial charge in [-0.25, -0.2) is 9.18 Å². The van der Waals surface area contributed by atoms with E-state index in [1.54, 1.807) is 79.0 Å². The molecule has 0 bridgehead atoms. The normalized spacial score (nSPS) is 11.8. The third-order valence-electron chi connectivity index (χ3n) is 22.4. The van der Waals surface area contributed by atoms with Gasteiger partial charge >= 0.3 is 6.09 Å². The monoisotopic (exact) mass is 1890 g/mol. The van der Waals surface area contributed by atoms with Crippen LogP contribution in [0.15, 0.2) is 338 Å². The smallest absolute Gasteiger partial charge is 0.410 e. The standard InChI is InChI=1S/C23H26N4O3.C22H27N3O3.C18H19N3O.2C17H11N3O.C14H7FN4O/c1-23(2,3)29-22(28)27-13-9-16(10-14-27)18-5-4-6-19(15-18)21-25-20(26-30-21)17-7-11-24-12-8-17;1-6-26-19-12-11-16(13-20(19)27-7-2)22-23-21(24-28-22)18-10-8-9-17(15(18)3)14-25(4)5;1-13(2)6-7-14-4-3-5-16(12-14)18-20-17(21-22-18)15-8-10-19-11-9-15;1-2-6-14-12(4-1)5-3-7-15(14)17-19-16(20-21-17)13-8-10-18-11-9-13;1-2-4-14-11-15(6-5-12(14)3-1)17-19-16(20-21-17)13-7-9-18-10-8-13;15-12-6-9(8-16)5-11(7-12)14-18-13(19-20-14)10-1-3-17-4-2-10/h4-8,11-12,15-16H,9-10,13-14H2,1-3H3;8-13H,6-7,14H2,1-5H3;3-5,8-13H,6-7H2,1-2H3;2*1-11H;1-7H. The van der Waals surface area contributed by atoms with Gasteiger partial charge in [0.1, 0.15) is 11.4 Å². The van der Waals surface area contributed by atoms with E-state index in [0.717, 1.165) is 115 Å². The molecule has 12 heterocycles. The van der Waals surface area contributed by atoms with Gasteiger partial charge in [-0.1, -0.05) is 154 Å². The van der Waals surface area contributed by atoms with E-state index < -0.39 is 11.4 Å². The minimum Gasteiger partial charge on any atom is -0.490 e. The number of carbonyl (C=O) groups excluding carboxylic acids is 1. The van der Waals surface area contributed by atoms with E-state index in [-0.39, 0.29) is 17.5 Å². The number of benzene rings is 9. The van der Waals surface area contributed by atoms with Gasteiger partial charge in [0, 0.05) is 148 Å². The minimum absolute atomic E-state index is 0.160. The van der Waals surface area contributed by atoms with Gasteiger partial charge < -0.3 is 51.1 Å². The Kier molecular flexibility index (Phi) is 32.2. The Morgan fingerprint density at radius 3 is 1.39 bits per heavy atom. The van der Waals surface area contributed by atoms with Crippen molar-refractivity contribution < 1.29 is 50.5 Å². The molecule has 1 aliphatic heterocycles. The summed E-state index contributed by atoms with van der Waals surface area (Å²) in [5.41, 5.74) is 14.8. The fraction of sp³-hybridized carbons (Fsp3) is 0.198. The fourth-order valence-corrected chi connectivity index (χ4v) is 15.3. The first kappa shape index (κ1) is 97.4. The van der Waals surface area contributed by atoms with Crippen molar-refractivity contribution >= 4 is 27.6 Å². The Labute approximate surface area is 818 Å². The minimum atomic E-state index is -0.525. The summed E-state index contributed by atoms with van der Waals surface area (Å²) in [6.45, 7) is 19.5. The van der Waals surface area contributed by atoms with E-state index in [0.29, 0.717) is 120 Å². The first-order chi connectivity index (χ1) is 69.2. The number of likely N-dealkylation sites (tertiary alicyclic amines) is 1. The number of aromatic nitrogens is 17. The zero-order valence-electron chi connectivity index (χ0n) is 79.9. The lowest BCUT2D eigenvalue weighted by molar-refractivity contribution is 0.0204. The number of carbonyl (C=O) groups is 1. The number of hydrogen-bond acceptors (Lipinski definition) is 29. The topological polar surface area (TPSA) is 373 Å². The molecule has 31 heteroatoms. The maximum absolute atomic E-state index is 13.4. The maximum Gasteiger partial charge on any atom is 0.410 e. The van der Waals surface area contributed by atoms with E-state index >= 15 is 0 Å². The van der Waals surface area contributed by atoms with Crippen LogP contribution >= 0.6 is 0 Å². The number of hydrogen-bond donors (Lipinski definition) is 0. The average molecular weight is 1890 g/mol. The Balaban J connectivity index is 0.000000123. The van der Waals surface area contributed by atoms with Crippen molar-refractivity contribution in [1.82, 2.24) is 95.6 Å². The van der Waals surface area contributed by atoms with Crippen molar-refractivity contribution in [3.8, 4) is 155 Å². The van der Waals surface area contributed by atoms with Crippen molar-refractivity contribution in [2.75, 3.05) is 40.4 Å². The predicted octanol–water partition coefficient (Wildman–Crippen LogP) is 24.6. The molecule has 0 saturated carbocycles. The van der Waals surface area contributed by atoms with Crippen LogP contribution in [0, 0.1) is 30.0 Å². The number of pyridine rings is 5. The summed E-state index contributed by atoms with van der Waals surface area (Å²) in [5.74, 6) is 7.88. The van der Waals surface area contributed by atoms with E-state index in [1.165, 1.54) is 40.6 Å². The number of fused-ring (bicyclic) bond motifs is 2. The molecule has 30 nitrogen and oxygen atoms in total. The molecule has 1 fully saturated rings. The van der Waals surface area contributed by atoms with Gasteiger partial charge in [-0.3, -0.25) is 24.9 Å². The molecule has 20 aromatic rings. The molecular weight excluding hydrogens is 1790 g/mol. The Morgan fingerprint density at radius 2 is 0.866 bits per heavy atom. The molecule has 1 amide bonds. The van der Waals surface area contributed by atoms with Gasteiger partial charge in [-0.2, -0.15) is 35.2 Å². The molecular formula is C111H101FN20O10. The first-order valence-electron chi connectivity index (χ1n) is 46.3. The molecule has 0 aliphatic carbocycles. The molecule has 9 aromatic carbocycles. The number of ether oxygens (including phenoxy) is 3. The summed E-state index contributed by atoms with van der Waals surface area (Å²) >= 11 is 0. The summed E-state index contributed by atoms with van der Waals surface area (Å²) in [5, 5.41) is 37.7. The third-order valence-corrected chi connectivity index (χ3v) is 22.4. The summed E-state index contributed by atoms with van der Waals surface area (Å²) < 4.78 is 62.5. The lowest BCUT2D eigenvalue weighted by Crippen LogP contribution is -2.41. The molecule has 1 saturated heterocycles. The molecule has 21 rings (SSSR count). The van der Waals surface area contributed by atoms with Crippen LogP contribution in [0.5, 0.6) is 11.5 Å². The van der Waals surface area contributed by atoms with E-state index in [4.69, 9.17) is 46.6 Å². The van der Waals surface area contributed by atoms with Crippen molar-refractivity contribution in [2.45, 2.75) is 99.1 Å².